The second-order valence-corrected chi connectivity index (χ2v) is 9.11. The molecule has 2 aromatic rings. The lowest BCUT2D eigenvalue weighted by Crippen LogP contribution is -2.28. The summed E-state index contributed by atoms with van der Waals surface area (Å²) in [4.78, 5) is 4.77. The summed E-state index contributed by atoms with van der Waals surface area (Å²) in [6, 6.07) is 8.43. The second-order valence-electron chi connectivity index (χ2n) is 6.17. The van der Waals surface area contributed by atoms with Crippen LogP contribution >= 0.6 is 23.1 Å². The van der Waals surface area contributed by atoms with E-state index < -0.39 is 0 Å². The standard InChI is InChI=1S/C17H21NS2/c1-12-8-10-13(11-9-12)17(2,3)20-16-18-14-6-4-5-7-15(14)19-16/h4-8,13H,9-11H2,1-3H3. The van der Waals surface area contributed by atoms with Crippen molar-refractivity contribution in [3.05, 3.63) is 35.9 Å². The lowest BCUT2D eigenvalue weighted by atomic mass is 9.82. The molecular formula is C17H21NS2. The molecule has 0 radical (unpaired) electrons. The molecule has 0 aliphatic heterocycles. The fourth-order valence-corrected chi connectivity index (χ4v) is 5.55. The molecule has 1 nitrogen and oxygen atoms in total. The van der Waals surface area contributed by atoms with Gasteiger partial charge < -0.3 is 0 Å². The zero-order chi connectivity index (χ0) is 14.2. The zero-order valence-corrected chi connectivity index (χ0v) is 14.0. The zero-order valence-electron chi connectivity index (χ0n) is 12.3. The van der Waals surface area contributed by atoms with E-state index in [1.165, 1.54) is 28.3 Å². The largest absolute Gasteiger partial charge is 0.230 e. The number of hydrogen-bond acceptors (Lipinski definition) is 3. The highest BCUT2D eigenvalue weighted by Crippen LogP contribution is 2.45. The molecule has 0 amide bonds. The quantitative estimate of drug-likeness (QED) is 0.516. The Kier molecular flexibility index (Phi) is 3.91. The van der Waals surface area contributed by atoms with Crippen LogP contribution in [0.5, 0.6) is 0 Å². The fourth-order valence-electron chi connectivity index (χ4n) is 2.80. The lowest BCUT2D eigenvalue weighted by Gasteiger charge is -2.34. The van der Waals surface area contributed by atoms with E-state index in [4.69, 9.17) is 4.98 Å². The molecule has 0 saturated carbocycles. The number of para-hydroxylation sites is 1. The summed E-state index contributed by atoms with van der Waals surface area (Å²) in [6.07, 6.45) is 6.22. The van der Waals surface area contributed by atoms with Crippen molar-refractivity contribution in [1.82, 2.24) is 4.98 Å². The Labute approximate surface area is 129 Å². The number of allylic oxidation sites excluding steroid dienone is 2. The molecule has 0 spiro atoms. The maximum Gasteiger partial charge on any atom is 0.151 e. The smallest absolute Gasteiger partial charge is 0.151 e. The molecule has 1 atom stereocenters. The van der Waals surface area contributed by atoms with E-state index in [0.29, 0.717) is 0 Å². The van der Waals surface area contributed by atoms with Crippen molar-refractivity contribution in [3.8, 4) is 0 Å². The molecule has 3 heteroatoms. The number of nitrogens with zero attached hydrogens (tertiary/aromatic N) is 1. The highest BCUT2D eigenvalue weighted by Gasteiger charge is 2.32. The number of rotatable bonds is 3. The van der Waals surface area contributed by atoms with Crippen LogP contribution in [-0.4, -0.2) is 9.73 Å². The third kappa shape index (κ3) is 2.94. The summed E-state index contributed by atoms with van der Waals surface area (Å²) in [6.45, 7) is 7.01. The van der Waals surface area contributed by atoms with Gasteiger partial charge in [0.2, 0.25) is 0 Å². The van der Waals surface area contributed by atoms with E-state index in [0.717, 1.165) is 11.4 Å². The van der Waals surface area contributed by atoms with Crippen molar-refractivity contribution in [2.75, 3.05) is 0 Å². The maximum absolute atomic E-state index is 4.77. The number of thioether (sulfide) groups is 1. The van der Waals surface area contributed by atoms with Crippen LogP contribution in [-0.2, 0) is 0 Å². The van der Waals surface area contributed by atoms with E-state index in [1.807, 2.05) is 23.1 Å². The minimum absolute atomic E-state index is 0.255. The van der Waals surface area contributed by atoms with Crippen LogP contribution in [0.3, 0.4) is 0 Å². The van der Waals surface area contributed by atoms with E-state index >= 15 is 0 Å². The Balaban J connectivity index is 1.78. The van der Waals surface area contributed by atoms with Crippen molar-refractivity contribution in [3.63, 3.8) is 0 Å². The molecule has 0 N–H and O–H groups in total. The number of fused-ring (bicyclic) bond motifs is 1. The van der Waals surface area contributed by atoms with E-state index in [1.54, 1.807) is 5.57 Å². The first-order chi connectivity index (χ1) is 9.54. The summed E-state index contributed by atoms with van der Waals surface area (Å²) in [5, 5.41) is 0. The Morgan fingerprint density at radius 3 is 2.80 bits per heavy atom. The topological polar surface area (TPSA) is 12.9 Å². The van der Waals surface area contributed by atoms with Gasteiger partial charge in [-0.3, -0.25) is 0 Å². The number of benzene rings is 1. The van der Waals surface area contributed by atoms with Gasteiger partial charge in [0.05, 0.1) is 10.2 Å². The number of thiazole rings is 1. The van der Waals surface area contributed by atoms with Crippen molar-refractivity contribution < 1.29 is 0 Å². The van der Waals surface area contributed by atoms with Gasteiger partial charge in [0.1, 0.15) is 0 Å². The number of hydrogen-bond donors (Lipinski definition) is 0. The minimum Gasteiger partial charge on any atom is -0.230 e. The summed E-state index contributed by atoms with van der Waals surface area (Å²) in [5.41, 5.74) is 2.69. The summed E-state index contributed by atoms with van der Waals surface area (Å²) in [7, 11) is 0. The van der Waals surface area contributed by atoms with Crippen molar-refractivity contribution in [1.29, 1.82) is 0 Å². The fraction of sp³-hybridized carbons (Fsp3) is 0.471. The molecular weight excluding hydrogens is 282 g/mol. The van der Waals surface area contributed by atoms with Crippen LogP contribution in [0.2, 0.25) is 0 Å². The van der Waals surface area contributed by atoms with Crippen LogP contribution < -0.4 is 0 Å². The molecule has 3 rings (SSSR count). The summed E-state index contributed by atoms with van der Waals surface area (Å²) < 4.78 is 2.76. The second kappa shape index (κ2) is 5.53. The molecule has 1 aliphatic rings. The van der Waals surface area contributed by atoms with E-state index in [-0.39, 0.29) is 4.75 Å². The lowest BCUT2D eigenvalue weighted by molar-refractivity contribution is 0.384. The third-order valence-corrected chi connectivity index (χ3v) is 6.70. The van der Waals surface area contributed by atoms with Gasteiger partial charge in [0.25, 0.3) is 0 Å². The molecule has 1 aliphatic carbocycles. The average Bonchev–Trinajstić information content (AvgIpc) is 2.80. The van der Waals surface area contributed by atoms with Crippen LogP contribution in [0.25, 0.3) is 10.2 Å². The predicted octanol–water partition coefficient (Wildman–Crippen LogP) is 5.91. The molecule has 20 heavy (non-hydrogen) atoms. The molecule has 0 saturated heterocycles. The Morgan fingerprint density at radius 1 is 1.30 bits per heavy atom. The van der Waals surface area contributed by atoms with Crippen LogP contribution in [0.15, 0.2) is 40.3 Å². The van der Waals surface area contributed by atoms with Gasteiger partial charge >= 0.3 is 0 Å². The Hall–Kier alpha value is -0.800. The Morgan fingerprint density at radius 2 is 2.10 bits per heavy atom. The van der Waals surface area contributed by atoms with Gasteiger partial charge in [-0.15, -0.1) is 11.3 Å². The van der Waals surface area contributed by atoms with Crippen LogP contribution in [0.1, 0.15) is 40.0 Å². The molecule has 1 aromatic heterocycles. The molecule has 1 unspecified atom stereocenters. The van der Waals surface area contributed by atoms with E-state index in [9.17, 15) is 0 Å². The normalized spacial score (nSPS) is 20.1. The van der Waals surface area contributed by atoms with Crippen LogP contribution in [0.4, 0.5) is 0 Å². The molecule has 1 heterocycles. The summed E-state index contributed by atoms with van der Waals surface area (Å²) >= 11 is 3.78. The predicted molar refractivity (Wildman–Crippen MR) is 90.7 cm³/mol. The monoisotopic (exact) mass is 303 g/mol. The molecule has 0 bridgehead atoms. The van der Waals surface area contributed by atoms with Crippen molar-refractivity contribution >= 4 is 33.3 Å². The van der Waals surface area contributed by atoms with Gasteiger partial charge in [0.15, 0.2) is 4.34 Å². The highest BCUT2D eigenvalue weighted by molar-refractivity contribution is 8.02. The average molecular weight is 303 g/mol. The SMILES string of the molecule is CC1=CCC(C(C)(C)Sc2nc3ccccc3s2)CC1. The third-order valence-electron chi connectivity index (χ3n) is 4.25. The number of aromatic nitrogens is 1. The first kappa shape index (κ1) is 14.2. The summed E-state index contributed by atoms with van der Waals surface area (Å²) in [5.74, 6) is 0.753. The van der Waals surface area contributed by atoms with Crippen molar-refractivity contribution in [2.45, 2.75) is 49.1 Å². The van der Waals surface area contributed by atoms with Gasteiger partial charge in [-0.05, 0) is 58.1 Å². The highest BCUT2D eigenvalue weighted by atomic mass is 32.2. The van der Waals surface area contributed by atoms with Gasteiger partial charge in [-0.1, -0.05) is 35.5 Å². The molecule has 106 valence electrons. The van der Waals surface area contributed by atoms with E-state index in [2.05, 4.69) is 51.1 Å². The maximum atomic E-state index is 4.77. The van der Waals surface area contributed by atoms with Gasteiger partial charge in [-0.25, -0.2) is 4.98 Å². The van der Waals surface area contributed by atoms with Crippen molar-refractivity contribution in [2.24, 2.45) is 5.92 Å². The molecule has 1 aromatic carbocycles. The first-order valence-electron chi connectivity index (χ1n) is 7.25. The van der Waals surface area contributed by atoms with Gasteiger partial charge in [0, 0.05) is 4.75 Å². The van der Waals surface area contributed by atoms with Gasteiger partial charge in [-0.2, -0.15) is 0 Å². The minimum atomic E-state index is 0.255. The van der Waals surface area contributed by atoms with Crippen LogP contribution in [0, 0.1) is 5.92 Å². The molecule has 0 fully saturated rings. The Bertz CT molecular complexity index is 606. The first-order valence-corrected chi connectivity index (χ1v) is 8.88.